The van der Waals surface area contributed by atoms with Crippen molar-refractivity contribution in [1.82, 2.24) is 0 Å². The summed E-state index contributed by atoms with van der Waals surface area (Å²) in [4.78, 5) is 1.32. The maximum Gasteiger partial charge on any atom is 0.231 e. The van der Waals surface area contributed by atoms with Crippen molar-refractivity contribution in [3.05, 3.63) is 18.2 Å². The van der Waals surface area contributed by atoms with Crippen LogP contribution < -0.4 is 9.47 Å². The van der Waals surface area contributed by atoms with Crippen molar-refractivity contribution < 1.29 is 9.47 Å². The summed E-state index contributed by atoms with van der Waals surface area (Å²) >= 11 is 0. The molecule has 12 heavy (non-hydrogen) atoms. The van der Waals surface area contributed by atoms with Gasteiger partial charge in [-0.15, -0.1) is 0 Å². The molecule has 0 atom stereocenters. The van der Waals surface area contributed by atoms with E-state index in [9.17, 15) is 0 Å². The van der Waals surface area contributed by atoms with E-state index in [0.29, 0.717) is 17.7 Å². The van der Waals surface area contributed by atoms with E-state index >= 15 is 0 Å². The Balaban J connectivity index is 2.39. The van der Waals surface area contributed by atoms with Crippen LogP contribution in [0.4, 0.5) is 0 Å². The van der Waals surface area contributed by atoms with Crippen LogP contribution in [0.5, 0.6) is 11.5 Å². The van der Waals surface area contributed by atoms with Gasteiger partial charge < -0.3 is 9.47 Å². The summed E-state index contributed by atoms with van der Waals surface area (Å²) < 4.78 is 10.5. The van der Waals surface area contributed by atoms with Gasteiger partial charge in [0.15, 0.2) is 16.4 Å². The van der Waals surface area contributed by atoms with E-state index in [4.69, 9.17) is 9.47 Å². The van der Waals surface area contributed by atoms with E-state index < -0.39 is 0 Å². The van der Waals surface area contributed by atoms with Crippen molar-refractivity contribution in [2.45, 2.75) is 4.90 Å². The molecule has 2 nitrogen and oxygen atoms in total. The number of rotatable bonds is 1. The van der Waals surface area contributed by atoms with Crippen LogP contribution in [0.2, 0.25) is 0 Å². The largest absolute Gasteiger partial charge is 0.454 e. The third-order valence-electron chi connectivity index (χ3n) is 1.82. The maximum atomic E-state index is 5.27. The first-order chi connectivity index (χ1) is 5.77. The van der Waals surface area contributed by atoms with Crippen molar-refractivity contribution in [1.29, 1.82) is 0 Å². The van der Waals surface area contributed by atoms with Crippen LogP contribution >= 0.6 is 0 Å². The Bertz CT molecular complexity index is 297. The number of hydrogen-bond acceptors (Lipinski definition) is 2. The van der Waals surface area contributed by atoms with Crippen LogP contribution in [0.1, 0.15) is 0 Å². The van der Waals surface area contributed by atoms with Crippen molar-refractivity contribution in [2.75, 3.05) is 19.3 Å². The second-order valence-electron chi connectivity index (χ2n) is 2.83. The van der Waals surface area contributed by atoms with Gasteiger partial charge in [-0.2, -0.15) is 0 Å². The van der Waals surface area contributed by atoms with Crippen molar-refractivity contribution in [2.24, 2.45) is 0 Å². The van der Waals surface area contributed by atoms with Gasteiger partial charge in [-0.25, -0.2) is 0 Å². The highest BCUT2D eigenvalue weighted by atomic mass is 32.2. The highest BCUT2D eigenvalue weighted by Gasteiger charge is 2.17. The molecule has 0 saturated carbocycles. The van der Waals surface area contributed by atoms with Gasteiger partial charge in [0.1, 0.15) is 12.5 Å². The molecule has 1 aromatic rings. The molecule has 0 saturated heterocycles. The Kier molecular flexibility index (Phi) is 1.89. The molecule has 0 aromatic heterocycles. The summed E-state index contributed by atoms with van der Waals surface area (Å²) in [5.74, 6) is 1.75. The lowest BCUT2D eigenvalue weighted by molar-refractivity contribution is 0.174. The fourth-order valence-electron chi connectivity index (χ4n) is 1.13. The van der Waals surface area contributed by atoms with Crippen molar-refractivity contribution >= 4 is 10.9 Å². The lowest BCUT2D eigenvalue weighted by Gasteiger charge is -1.97. The van der Waals surface area contributed by atoms with Gasteiger partial charge in [0.25, 0.3) is 0 Å². The second kappa shape index (κ2) is 2.90. The van der Waals surface area contributed by atoms with Crippen LogP contribution in [0.3, 0.4) is 0 Å². The van der Waals surface area contributed by atoms with Crippen molar-refractivity contribution in [3.8, 4) is 11.5 Å². The molecule has 1 heterocycles. The predicted molar refractivity (Wildman–Crippen MR) is 50.0 cm³/mol. The zero-order valence-electron chi connectivity index (χ0n) is 7.16. The molecule has 0 unspecified atom stereocenters. The molecule has 64 valence electrons. The van der Waals surface area contributed by atoms with E-state index in [1.807, 2.05) is 6.07 Å². The molecule has 2 rings (SSSR count). The first-order valence-electron chi connectivity index (χ1n) is 3.74. The van der Waals surface area contributed by atoms with E-state index in [1.54, 1.807) is 0 Å². The Hall–Kier alpha value is -0.830. The minimum atomic E-state index is 0.293. The summed E-state index contributed by atoms with van der Waals surface area (Å²) in [6, 6.07) is 6.13. The van der Waals surface area contributed by atoms with Crippen LogP contribution in [-0.2, 0) is 10.9 Å². The molecule has 0 amide bonds. The van der Waals surface area contributed by atoms with Crippen LogP contribution in [0, 0.1) is 0 Å². The fourth-order valence-corrected chi connectivity index (χ4v) is 1.81. The molecule has 0 bridgehead atoms. The molecule has 3 heteroatoms. The fraction of sp³-hybridized carbons (Fsp3) is 0.333. The summed E-state index contributed by atoms with van der Waals surface area (Å²) in [6.45, 7) is 0.361. The van der Waals surface area contributed by atoms with E-state index in [2.05, 4.69) is 24.6 Å². The average molecular weight is 183 g/mol. The molecular formula is C9H11O2S+. The minimum absolute atomic E-state index is 0.293. The van der Waals surface area contributed by atoms with Gasteiger partial charge in [-0.1, -0.05) is 0 Å². The smallest absolute Gasteiger partial charge is 0.231 e. The summed E-state index contributed by atoms with van der Waals surface area (Å²) in [7, 11) is 0.293. The SMILES string of the molecule is C[S+](C)c1ccc2c(c1)OCO2. The highest BCUT2D eigenvalue weighted by molar-refractivity contribution is 7.95. The second-order valence-corrected chi connectivity index (χ2v) is 4.94. The van der Waals surface area contributed by atoms with E-state index in [1.165, 1.54) is 4.90 Å². The van der Waals surface area contributed by atoms with Gasteiger partial charge in [0, 0.05) is 17.0 Å². The lowest BCUT2D eigenvalue weighted by atomic mass is 10.3. The third kappa shape index (κ3) is 1.25. The molecule has 0 spiro atoms. The molecule has 0 aliphatic carbocycles. The Morgan fingerprint density at radius 3 is 2.67 bits per heavy atom. The molecular weight excluding hydrogens is 172 g/mol. The number of hydrogen-bond donors (Lipinski definition) is 0. The Morgan fingerprint density at radius 2 is 1.92 bits per heavy atom. The van der Waals surface area contributed by atoms with Crippen LogP contribution in [-0.4, -0.2) is 19.3 Å². The molecule has 0 N–H and O–H groups in total. The first kappa shape index (κ1) is 7.80. The first-order valence-corrected chi connectivity index (χ1v) is 5.79. The van der Waals surface area contributed by atoms with Gasteiger partial charge in [-0.3, -0.25) is 0 Å². The average Bonchev–Trinajstić information content (AvgIpc) is 2.49. The minimum Gasteiger partial charge on any atom is -0.454 e. The van der Waals surface area contributed by atoms with Gasteiger partial charge in [0.05, 0.1) is 0 Å². The zero-order chi connectivity index (χ0) is 8.55. The van der Waals surface area contributed by atoms with Gasteiger partial charge >= 0.3 is 0 Å². The number of ether oxygens (including phenoxy) is 2. The normalized spacial score (nSPS) is 13.9. The number of fused-ring (bicyclic) bond motifs is 1. The summed E-state index contributed by atoms with van der Waals surface area (Å²) in [6.07, 6.45) is 4.38. The van der Waals surface area contributed by atoms with E-state index in [0.717, 1.165) is 11.5 Å². The molecule has 1 aromatic carbocycles. The quantitative estimate of drug-likeness (QED) is 0.616. The van der Waals surface area contributed by atoms with Crippen LogP contribution in [0.15, 0.2) is 23.1 Å². The van der Waals surface area contributed by atoms with E-state index in [-0.39, 0.29) is 0 Å². The predicted octanol–water partition coefficient (Wildman–Crippen LogP) is 1.65. The maximum absolute atomic E-state index is 5.27. The Morgan fingerprint density at radius 1 is 1.17 bits per heavy atom. The van der Waals surface area contributed by atoms with Gasteiger partial charge in [0.2, 0.25) is 6.79 Å². The molecule has 0 fully saturated rings. The molecule has 1 aliphatic rings. The standard InChI is InChI=1S/C9H11O2S/c1-12(2)7-3-4-8-9(5-7)11-6-10-8/h3-5H,6H2,1-2H3/q+1. The van der Waals surface area contributed by atoms with Crippen LogP contribution in [0.25, 0.3) is 0 Å². The topological polar surface area (TPSA) is 18.5 Å². The van der Waals surface area contributed by atoms with Crippen molar-refractivity contribution in [3.63, 3.8) is 0 Å². The Labute approximate surface area is 74.8 Å². The monoisotopic (exact) mass is 183 g/mol. The third-order valence-corrected chi connectivity index (χ3v) is 3.01. The molecule has 1 aliphatic heterocycles. The summed E-state index contributed by atoms with van der Waals surface area (Å²) in [5, 5.41) is 0. The summed E-state index contributed by atoms with van der Waals surface area (Å²) in [5.41, 5.74) is 0. The zero-order valence-corrected chi connectivity index (χ0v) is 7.98. The lowest BCUT2D eigenvalue weighted by Crippen LogP contribution is -1.95. The number of benzene rings is 1. The highest BCUT2D eigenvalue weighted by Crippen LogP contribution is 2.33. The van der Waals surface area contributed by atoms with Gasteiger partial charge in [-0.05, 0) is 12.1 Å². The molecule has 0 radical (unpaired) electrons.